The fourth-order valence-corrected chi connectivity index (χ4v) is 2.42. The van der Waals surface area contributed by atoms with Gasteiger partial charge in [-0.2, -0.15) is 0 Å². The molecule has 2 rings (SSSR count). The monoisotopic (exact) mass is 197 g/mol. The van der Waals surface area contributed by atoms with Crippen LogP contribution in [0.4, 0.5) is 5.13 Å². The fourth-order valence-electron chi connectivity index (χ4n) is 0.912. The first-order valence-corrected chi connectivity index (χ1v) is 5.41. The lowest BCUT2D eigenvalue weighted by Crippen LogP contribution is -2.05. The number of thioether (sulfide) groups is 1. The first-order valence-electron chi connectivity index (χ1n) is 3.65. The first kappa shape index (κ1) is 8.13. The van der Waals surface area contributed by atoms with Gasteiger partial charge in [0.05, 0.1) is 5.69 Å². The molecule has 0 aliphatic carbocycles. The number of hydrogen-bond donors (Lipinski definition) is 0. The Morgan fingerprint density at radius 2 is 2.25 bits per heavy atom. The third kappa shape index (κ3) is 1.36. The second-order valence-electron chi connectivity index (χ2n) is 2.57. The number of rotatable bonds is 1. The Kier molecular flexibility index (Phi) is 2.11. The fraction of sp³-hybridized carbons (Fsp3) is 0.250. The summed E-state index contributed by atoms with van der Waals surface area (Å²) in [6, 6.07) is 0. The van der Waals surface area contributed by atoms with Crippen molar-refractivity contribution in [2.45, 2.75) is 13.8 Å². The van der Waals surface area contributed by atoms with E-state index in [-0.39, 0.29) is 0 Å². The summed E-state index contributed by atoms with van der Waals surface area (Å²) < 4.78 is 0. The molecule has 0 saturated heterocycles. The third-order valence-corrected chi connectivity index (χ3v) is 3.43. The van der Waals surface area contributed by atoms with E-state index in [1.165, 1.54) is 4.88 Å². The Bertz CT molecular complexity index is 297. The van der Waals surface area contributed by atoms with Crippen LogP contribution in [0.1, 0.15) is 10.6 Å². The smallest absolute Gasteiger partial charge is 0.190 e. The first-order chi connectivity index (χ1) is 5.77. The summed E-state index contributed by atoms with van der Waals surface area (Å²) in [5.74, 6) is 2.05. The topological polar surface area (TPSA) is 16.1 Å². The minimum absolute atomic E-state index is 1.06. The van der Waals surface area contributed by atoms with Crippen LogP contribution in [-0.2, 0) is 0 Å². The van der Waals surface area contributed by atoms with Gasteiger partial charge in [-0.3, -0.25) is 0 Å². The van der Waals surface area contributed by atoms with Crippen molar-refractivity contribution in [1.29, 1.82) is 0 Å². The van der Waals surface area contributed by atoms with Gasteiger partial charge in [0.25, 0.3) is 0 Å². The molecule has 0 fully saturated rings. The summed E-state index contributed by atoms with van der Waals surface area (Å²) >= 11 is 3.41. The molecular formula is C8H9N2S2. The Balaban J connectivity index is 2.28. The van der Waals surface area contributed by atoms with E-state index in [4.69, 9.17) is 0 Å². The highest BCUT2D eigenvalue weighted by Crippen LogP contribution is 2.31. The normalized spacial score (nSPS) is 16.0. The van der Waals surface area contributed by atoms with Crippen molar-refractivity contribution in [2.75, 3.05) is 4.90 Å². The summed E-state index contributed by atoms with van der Waals surface area (Å²) in [5.41, 5.74) is 1.13. The van der Waals surface area contributed by atoms with Gasteiger partial charge in [0.15, 0.2) is 5.13 Å². The maximum Gasteiger partial charge on any atom is 0.190 e. The zero-order valence-corrected chi connectivity index (χ0v) is 8.58. The van der Waals surface area contributed by atoms with Gasteiger partial charge in [0.2, 0.25) is 0 Å². The average Bonchev–Trinajstić information content (AvgIpc) is 2.61. The van der Waals surface area contributed by atoms with E-state index in [0.717, 1.165) is 10.8 Å². The Labute approximate surface area is 80.3 Å². The predicted octanol–water partition coefficient (Wildman–Crippen LogP) is 2.90. The highest BCUT2D eigenvalue weighted by molar-refractivity contribution is 8.04. The van der Waals surface area contributed by atoms with E-state index in [9.17, 15) is 0 Å². The molecule has 1 aliphatic rings. The van der Waals surface area contributed by atoms with Gasteiger partial charge in [-0.15, -0.1) is 23.1 Å². The van der Waals surface area contributed by atoms with Gasteiger partial charge in [0, 0.05) is 11.1 Å². The van der Waals surface area contributed by atoms with Crippen LogP contribution < -0.4 is 4.90 Å². The van der Waals surface area contributed by atoms with Gasteiger partial charge in [-0.1, -0.05) is 0 Å². The van der Waals surface area contributed by atoms with Crippen molar-refractivity contribution in [2.24, 2.45) is 0 Å². The maximum absolute atomic E-state index is 4.44. The molecule has 2 heterocycles. The van der Waals surface area contributed by atoms with Crippen molar-refractivity contribution in [1.82, 2.24) is 4.98 Å². The molecule has 0 unspecified atom stereocenters. The minimum atomic E-state index is 1.06. The highest BCUT2D eigenvalue weighted by atomic mass is 32.2. The lowest BCUT2D eigenvalue weighted by atomic mass is 10.4. The number of aryl methyl sites for hydroxylation is 2. The summed E-state index contributed by atoms with van der Waals surface area (Å²) in [6.45, 7) is 4.14. The lowest BCUT2D eigenvalue weighted by molar-refractivity contribution is 1.16. The molecule has 0 N–H and O–H groups in total. The number of hydrogen-bond acceptors (Lipinski definition) is 4. The number of anilines is 1. The summed E-state index contributed by atoms with van der Waals surface area (Å²) in [5, 5.41) is 3.11. The summed E-state index contributed by atoms with van der Waals surface area (Å²) in [6.07, 6.45) is 2.03. The Morgan fingerprint density at radius 1 is 1.42 bits per heavy atom. The van der Waals surface area contributed by atoms with E-state index >= 15 is 0 Å². The molecule has 4 heteroatoms. The molecule has 0 amide bonds. The van der Waals surface area contributed by atoms with Gasteiger partial charge >= 0.3 is 0 Å². The SMILES string of the molecule is Cc1nc(N2[CH]SC=C2)sc1C. The molecule has 1 aliphatic heterocycles. The van der Waals surface area contributed by atoms with Gasteiger partial charge < -0.3 is 4.90 Å². The van der Waals surface area contributed by atoms with Crippen molar-refractivity contribution in [3.63, 3.8) is 0 Å². The largest absolute Gasteiger partial charge is 0.308 e. The molecule has 63 valence electrons. The number of aromatic nitrogens is 1. The molecule has 0 spiro atoms. The third-order valence-electron chi connectivity index (χ3n) is 1.71. The van der Waals surface area contributed by atoms with Gasteiger partial charge in [-0.25, -0.2) is 4.98 Å². The lowest BCUT2D eigenvalue weighted by Gasteiger charge is -2.07. The molecule has 1 radical (unpaired) electrons. The van der Waals surface area contributed by atoms with Crippen LogP contribution in [-0.4, -0.2) is 4.98 Å². The van der Waals surface area contributed by atoms with E-state index in [1.807, 2.05) is 18.5 Å². The van der Waals surface area contributed by atoms with E-state index in [1.54, 1.807) is 23.1 Å². The molecule has 12 heavy (non-hydrogen) atoms. The zero-order chi connectivity index (χ0) is 8.55. The standard InChI is InChI=1S/C8H9N2S2/c1-6-7(2)12-8(9-6)10-3-4-11-5-10/h3-5H,1-2H3. The van der Waals surface area contributed by atoms with Gasteiger partial charge in [0.1, 0.15) is 5.88 Å². The van der Waals surface area contributed by atoms with E-state index in [0.29, 0.717) is 0 Å². The van der Waals surface area contributed by atoms with Crippen molar-refractivity contribution < 1.29 is 0 Å². The number of nitrogens with zero attached hydrogens (tertiary/aromatic N) is 2. The number of thiazole rings is 1. The minimum Gasteiger partial charge on any atom is -0.308 e. The maximum atomic E-state index is 4.44. The van der Waals surface area contributed by atoms with Crippen molar-refractivity contribution in [3.05, 3.63) is 28.1 Å². The van der Waals surface area contributed by atoms with Crippen LogP contribution >= 0.6 is 23.1 Å². The highest BCUT2D eigenvalue weighted by Gasteiger charge is 2.12. The molecule has 1 aromatic heterocycles. The van der Waals surface area contributed by atoms with Crippen LogP contribution in [0.5, 0.6) is 0 Å². The molecule has 1 aromatic rings. The Morgan fingerprint density at radius 3 is 2.75 bits per heavy atom. The van der Waals surface area contributed by atoms with Crippen LogP contribution in [0.2, 0.25) is 0 Å². The van der Waals surface area contributed by atoms with Crippen LogP contribution in [0.25, 0.3) is 0 Å². The predicted molar refractivity (Wildman–Crippen MR) is 55.1 cm³/mol. The second-order valence-corrected chi connectivity index (χ2v) is 4.51. The van der Waals surface area contributed by atoms with E-state index < -0.39 is 0 Å². The average molecular weight is 197 g/mol. The molecule has 0 bridgehead atoms. The zero-order valence-electron chi connectivity index (χ0n) is 6.94. The Hall–Kier alpha value is -0.480. The van der Waals surface area contributed by atoms with Crippen molar-refractivity contribution in [3.8, 4) is 0 Å². The molecular weight excluding hydrogens is 188 g/mol. The van der Waals surface area contributed by atoms with Crippen LogP contribution in [0.3, 0.4) is 0 Å². The quantitative estimate of drug-likeness (QED) is 0.688. The van der Waals surface area contributed by atoms with Crippen molar-refractivity contribution >= 4 is 28.2 Å². The van der Waals surface area contributed by atoms with Gasteiger partial charge in [-0.05, 0) is 19.3 Å². The molecule has 0 atom stereocenters. The molecule has 0 aromatic carbocycles. The second kappa shape index (κ2) is 3.11. The summed E-state index contributed by atoms with van der Waals surface area (Å²) in [4.78, 5) is 7.79. The summed E-state index contributed by atoms with van der Waals surface area (Å²) in [7, 11) is 0. The molecule has 2 nitrogen and oxygen atoms in total. The molecule has 0 saturated carbocycles. The van der Waals surface area contributed by atoms with Crippen LogP contribution in [0, 0.1) is 19.7 Å². The van der Waals surface area contributed by atoms with Crippen LogP contribution in [0.15, 0.2) is 11.6 Å². The van der Waals surface area contributed by atoms with E-state index in [2.05, 4.69) is 22.7 Å².